The molecule has 0 bridgehead atoms. The molecule has 1 aliphatic rings. The lowest BCUT2D eigenvalue weighted by atomic mass is 10.0. The summed E-state index contributed by atoms with van der Waals surface area (Å²) in [5.74, 6) is -0.464. The lowest BCUT2D eigenvalue weighted by molar-refractivity contribution is -0.134. The van der Waals surface area contributed by atoms with E-state index in [9.17, 15) is 18.0 Å². The molecular formula is C21H32N2O5S. The molecule has 0 aliphatic carbocycles. The Balaban J connectivity index is 2.24. The number of hydrogen-bond donors (Lipinski definition) is 0. The van der Waals surface area contributed by atoms with Gasteiger partial charge in [-0.1, -0.05) is 6.92 Å². The maximum Gasteiger partial charge on any atom is 0.338 e. The molecule has 1 aliphatic heterocycles. The van der Waals surface area contributed by atoms with Crippen LogP contribution in [0.5, 0.6) is 0 Å². The van der Waals surface area contributed by atoms with Gasteiger partial charge in [-0.25, -0.2) is 13.2 Å². The van der Waals surface area contributed by atoms with Crippen molar-refractivity contribution in [1.82, 2.24) is 9.21 Å². The van der Waals surface area contributed by atoms with E-state index in [1.807, 2.05) is 13.8 Å². The van der Waals surface area contributed by atoms with Crippen LogP contribution in [0.1, 0.15) is 55.1 Å². The van der Waals surface area contributed by atoms with Crippen molar-refractivity contribution in [3.63, 3.8) is 0 Å². The normalized spacial score (nSPS) is 15.9. The summed E-state index contributed by atoms with van der Waals surface area (Å²) in [7, 11) is -3.70. The second-order valence-corrected chi connectivity index (χ2v) is 9.55. The van der Waals surface area contributed by atoms with E-state index in [0.717, 1.165) is 12.8 Å². The van der Waals surface area contributed by atoms with Gasteiger partial charge in [-0.15, -0.1) is 0 Å². The van der Waals surface area contributed by atoms with Gasteiger partial charge in [0.1, 0.15) is 0 Å². The van der Waals surface area contributed by atoms with Gasteiger partial charge in [0.25, 0.3) is 5.91 Å². The van der Waals surface area contributed by atoms with Crippen LogP contribution in [0, 0.1) is 19.8 Å². The standard InChI is InChI=1S/C21H32N2O5S/c1-6-22(7-2)20(24)14-28-21(25)18-12-16(4)17(5)19(13-18)29(26,27)23-10-8-15(3)9-11-23/h12-13,15H,6-11,14H2,1-5H3. The average Bonchev–Trinajstić information content (AvgIpc) is 2.69. The van der Waals surface area contributed by atoms with Gasteiger partial charge in [-0.3, -0.25) is 4.79 Å². The van der Waals surface area contributed by atoms with E-state index >= 15 is 0 Å². The number of benzene rings is 1. The number of carbonyl (C=O) groups excluding carboxylic acids is 2. The molecule has 0 saturated carbocycles. The zero-order valence-electron chi connectivity index (χ0n) is 18.0. The first-order chi connectivity index (χ1) is 13.6. The number of esters is 1. The van der Waals surface area contributed by atoms with E-state index < -0.39 is 16.0 Å². The SMILES string of the molecule is CCN(CC)C(=O)COC(=O)c1cc(C)c(C)c(S(=O)(=O)N2CCC(C)CC2)c1. The maximum absolute atomic E-state index is 13.2. The minimum absolute atomic E-state index is 0.133. The van der Waals surface area contributed by atoms with Crippen molar-refractivity contribution in [1.29, 1.82) is 0 Å². The smallest absolute Gasteiger partial charge is 0.338 e. The van der Waals surface area contributed by atoms with Gasteiger partial charge in [0.15, 0.2) is 6.61 Å². The second kappa shape index (κ2) is 9.71. The van der Waals surface area contributed by atoms with Crippen molar-refractivity contribution in [3.05, 3.63) is 28.8 Å². The Bertz CT molecular complexity index is 854. The molecule has 1 fully saturated rings. The summed E-state index contributed by atoms with van der Waals surface area (Å²) >= 11 is 0. The lowest BCUT2D eigenvalue weighted by Gasteiger charge is -2.30. The molecule has 1 saturated heterocycles. The van der Waals surface area contributed by atoms with Crippen molar-refractivity contribution in [2.75, 3.05) is 32.8 Å². The molecule has 162 valence electrons. The fourth-order valence-electron chi connectivity index (χ4n) is 3.46. The van der Waals surface area contributed by atoms with E-state index in [1.54, 1.807) is 24.8 Å². The van der Waals surface area contributed by atoms with Crippen molar-refractivity contribution < 1.29 is 22.7 Å². The van der Waals surface area contributed by atoms with Gasteiger partial charge in [-0.2, -0.15) is 4.31 Å². The number of hydrogen-bond acceptors (Lipinski definition) is 5. The number of sulfonamides is 1. The summed E-state index contributed by atoms with van der Waals surface area (Å²) in [6.45, 7) is 11.0. The lowest BCUT2D eigenvalue weighted by Crippen LogP contribution is -2.38. The Hall–Kier alpha value is -1.93. The molecular weight excluding hydrogens is 392 g/mol. The Morgan fingerprint density at radius 2 is 1.72 bits per heavy atom. The fraction of sp³-hybridized carbons (Fsp3) is 0.619. The number of likely N-dealkylation sites (N-methyl/N-ethyl adjacent to an activating group) is 1. The molecule has 8 heteroatoms. The number of rotatable bonds is 7. The third kappa shape index (κ3) is 5.36. The van der Waals surface area contributed by atoms with E-state index in [4.69, 9.17) is 4.74 Å². The largest absolute Gasteiger partial charge is 0.452 e. The summed E-state index contributed by atoms with van der Waals surface area (Å²) in [5, 5.41) is 0. The highest BCUT2D eigenvalue weighted by Gasteiger charge is 2.30. The third-order valence-corrected chi connectivity index (χ3v) is 7.68. The molecule has 1 aromatic rings. The summed E-state index contributed by atoms with van der Waals surface area (Å²) in [5.41, 5.74) is 1.46. The molecule has 1 heterocycles. The van der Waals surface area contributed by atoms with Crippen LogP contribution < -0.4 is 0 Å². The Morgan fingerprint density at radius 3 is 2.28 bits per heavy atom. The number of ether oxygens (including phenoxy) is 1. The maximum atomic E-state index is 13.2. The van der Waals surface area contributed by atoms with Crippen molar-refractivity contribution in [3.8, 4) is 0 Å². The fourth-order valence-corrected chi connectivity index (χ4v) is 5.25. The summed E-state index contributed by atoms with van der Waals surface area (Å²) < 4.78 is 33.0. The van der Waals surface area contributed by atoms with Crippen molar-refractivity contribution >= 4 is 21.9 Å². The van der Waals surface area contributed by atoms with E-state index in [2.05, 4.69) is 6.92 Å². The first kappa shape index (κ1) is 23.3. The van der Waals surface area contributed by atoms with Crippen LogP contribution in [0.4, 0.5) is 0 Å². The Morgan fingerprint density at radius 1 is 1.14 bits per heavy atom. The van der Waals surface area contributed by atoms with Gasteiger partial charge < -0.3 is 9.64 Å². The van der Waals surface area contributed by atoms with Crippen molar-refractivity contribution in [2.45, 2.75) is 52.4 Å². The Kier molecular flexibility index (Phi) is 7.82. The predicted molar refractivity (Wildman–Crippen MR) is 111 cm³/mol. The van der Waals surface area contributed by atoms with E-state index in [1.165, 1.54) is 10.4 Å². The average molecular weight is 425 g/mol. The molecule has 0 unspecified atom stereocenters. The van der Waals surface area contributed by atoms with Crippen LogP contribution in [0.2, 0.25) is 0 Å². The highest BCUT2D eigenvalue weighted by Crippen LogP contribution is 2.28. The minimum Gasteiger partial charge on any atom is -0.452 e. The van der Waals surface area contributed by atoms with Crippen LogP contribution in [0.15, 0.2) is 17.0 Å². The zero-order valence-corrected chi connectivity index (χ0v) is 18.8. The van der Waals surface area contributed by atoms with Crippen LogP contribution in [0.3, 0.4) is 0 Å². The van der Waals surface area contributed by atoms with Gasteiger partial charge >= 0.3 is 5.97 Å². The topological polar surface area (TPSA) is 84.0 Å². The highest BCUT2D eigenvalue weighted by molar-refractivity contribution is 7.89. The monoisotopic (exact) mass is 424 g/mol. The zero-order chi connectivity index (χ0) is 21.8. The van der Waals surface area contributed by atoms with Crippen molar-refractivity contribution in [2.24, 2.45) is 5.92 Å². The minimum atomic E-state index is -3.70. The van der Waals surface area contributed by atoms with Crippen LogP contribution >= 0.6 is 0 Å². The number of aryl methyl sites for hydroxylation is 1. The number of piperidine rings is 1. The summed E-state index contributed by atoms with van der Waals surface area (Å²) in [6.07, 6.45) is 1.65. The van der Waals surface area contributed by atoms with Gasteiger partial charge in [0.2, 0.25) is 10.0 Å². The van der Waals surface area contributed by atoms with Crippen LogP contribution in [-0.2, 0) is 19.6 Å². The molecule has 7 nitrogen and oxygen atoms in total. The molecule has 0 atom stereocenters. The Labute approximate surface area is 174 Å². The predicted octanol–water partition coefficient (Wildman–Crippen LogP) is 2.75. The second-order valence-electron chi connectivity index (χ2n) is 7.65. The molecule has 0 N–H and O–H groups in total. The highest BCUT2D eigenvalue weighted by atomic mass is 32.2. The van der Waals surface area contributed by atoms with Gasteiger partial charge in [-0.05, 0) is 69.7 Å². The molecule has 29 heavy (non-hydrogen) atoms. The quantitative estimate of drug-likeness (QED) is 0.629. The van der Waals surface area contributed by atoms with E-state index in [-0.39, 0.29) is 23.0 Å². The molecule has 0 spiro atoms. The number of nitrogens with zero attached hydrogens (tertiary/aromatic N) is 2. The molecule has 1 aromatic carbocycles. The van der Waals surface area contributed by atoms with Gasteiger partial charge in [0.05, 0.1) is 10.5 Å². The first-order valence-corrected chi connectivity index (χ1v) is 11.6. The number of carbonyl (C=O) groups is 2. The van der Waals surface area contributed by atoms with E-state index in [0.29, 0.717) is 43.2 Å². The van der Waals surface area contributed by atoms with Crippen LogP contribution in [-0.4, -0.2) is 62.3 Å². The summed E-state index contributed by atoms with van der Waals surface area (Å²) in [4.78, 5) is 26.3. The third-order valence-electron chi connectivity index (χ3n) is 5.66. The molecule has 0 radical (unpaired) electrons. The van der Waals surface area contributed by atoms with Gasteiger partial charge in [0, 0.05) is 26.2 Å². The molecule has 2 rings (SSSR count). The number of amides is 1. The molecule has 0 aromatic heterocycles. The first-order valence-electron chi connectivity index (χ1n) is 10.2. The summed E-state index contributed by atoms with van der Waals surface area (Å²) in [6, 6.07) is 2.98. The van der Waals surface area contributed by atoms with Crippen LogP contribution in [0.25, 0.3) is 0 Å². The molecule has 1 amide bonds.